The minimum atomic E-state index is -1.16. The number of para-hydroxylation sites is 1. The summed E-state index contributed by atoms with van der Waals surface area (Å²) in [6.07, 6.45) is 3.16. The monoisotopic (exact) mass is 426 g/mol. The van der Waals surface area contributed by atoms with Crippen LogP contribution in [-0.4, -0.2) is 33.6 Å². The fraction of sp³-hybridized carbons (Fsp3) is 0.269. The molecule has 162 valence electrons. The standard InChI is InChI=1S/C26H26N4O2/c1-5-30(6-2)19-13-11-18(12-14-19)26(24-23(25(31)32-26)27-15-16-28-24)22-17(3)29(4)21-10-8-7-9-20(21)22/h7-16H,5-6H2,1-4H3. The third kappa shape index (κ3) is 2.68. The van der Waals surface area contributed by atoms with Crippen LogP contribution in [0, 0.1) is 6.92 Å². The van der Waals surface area contributed by atoms with Crippen LogP contribution in [0.3, 0.4) is 0 Å². The molecule has 2 aromatic carbocycles. The normalized spacial score (nSPS) is 17.4. The van der Waals surface area contributed by atoms with Gasteiger partial charge in [0.15, 0.2) is 5.69 Å². The Morgan fingerprint density at radius 2 is 1.69 bits per heavy atom. The molecule has 0 fully saturated rings. The summed E-state index contributed by atoms with van der Waals surface area (Å²) in [5.41, 5.74) is 4.67. The van der Waals surface area contributed by atoms with Crippen LogP contribution in [0.1, 0.15) is 46.9 Å². The summed E-state index contributed by atoms with van der Waals surface area (Å²) in [7, 11) is 2.03. The van der Waals surface area contributed by atoms with Crippen molar-refractivity contribution < 1.29 is 9.53 Å². The van der Waals surface area contributed by atoms with E-state index in [4.69, 9.17) is 4.74 Å². The summed E-state index contributed by atoms with van der Waals surface area (Å²) < 4.78 is 8.39. The molecule has 6 nitrogen and oxygen atoms in total. The fourth-order valence-electron chi connectivity index (χ4n) is 4.95. The first-order valence-electron chi connectivity index (χ1n) is 11.0. The topological polar surface area (TPSA) is 60.2 Å². The summed E-state index contributed by atoms with van der Waals surface area (Å²) in [5, 5.41) is 1.03. The molecule has 0 aliphatic carbocycles. The van der Waals surface area contributed by atoms with Crippen LogP contribution in [0.25, 0.3) is 10.9 Å². The number of fused-ring (bicyclic) bond motifs is 2. The van der Waals surface area contributed by atoms with Crippen molar-refractivity contribution in [3.8, 4) is 0 Å². The van der Waals surface area contributed by atoms with Crippen molar-refractivity contribution in [1.29, 1.82) is 0 Å². The SMILES string of the molecule is CCN(CC)c1ccc(C2(c3c(C)n(C)c4ccccc34)OC(=O)c3nccnc32)cc1. The van der Waals surface area contributed by atoms with Crippen molar-refractivity contribution in [3.05, 3.63) is 89.1 Å². The number of benzene rings is 2. The smallest absolute Gasteiger partial charge is 0.360 e. The first-order valence-corrected chi connectivity index (χ1v) is 11.0. The Bertz CT molecular complexity index is 1320. The predicted molar refractivity (Wildman–Crippen MR) is 125 cm³/mol. The molecule has 32 heavy (non-hydrogen) atoms. The quantitative estimate of drug-likeness (QED) is 0.437. The summed E-state index contributed by atoms with van der Waals surface area (Å²) in [6, 6.07) is 16.5. The minimum Gasteiger partial charge on any atom is -0.438 e. The molecule has 0 amide bonds. The molecule has 0 saturated heterocycles. The Balaban J connectivity index is 1.83. The van der Waals surface area contributed by atoms with Crippen molar-refractivity contribution in [2.24, 2.45) is 7.05 Å². The number of carbonyl (C=O) groups is 1. The second-order valence-electron chi connectivity index (χ2n) is 8.08. The highest BCUT2D eigenvalue weighted by molar-refractivity contribution is 5.96. The zero-order valence-corrected chi connectivity index (χ0v) is 18.8. The lowest BCUT2D eigenvalue weighted by Crippen LogP contribution is -2.31. The van der Waals surface area contributed by atoms with E-state index in [1.54, 1.807) is 6.20 Å². The van der Waals surface area contributed by atoms with E-state index in [-0.39, 0.29) is 5.69 Å². The summed E-state index contributed by atoms with van der Waals surface area (Å²) in [6.45, 7) is 8.19. The molecule has 1 atom stereocenters. The van der Waals surface area contributed by atoms with Gasteiger partial charge in [-0.15, -0.1) is 0 Å². The van der Waals surface area contributed by atoms with E-state index in [1.807, 2.05) is 31.3 Å². The van der Waals surface area contributed by atoms with Crippen LogP contribution in [0.4, 0.5) is 5.69 Å². The highest BCUT2D eigenvalue weighted by Crippen LogP contribution is 2.49. The van der Waals surface area contributed by atoms with Gasteiger partial charge >= 0.3 is 5.97 Å². The molecular formula is C26H26N4O2. The third-order valence-corrected chi connectivity index (χ3v) is 6.63. The van der Waals surface area contributed by atoms with Crippen molar-refractivity contribution in [1.82, 2.24) is 14.5 Å². The zero-order valence-electron chi connectivity index (χ0n) is 18.8. The van der Waals surface area contributed by atoms with E-state index in [0.717, 1.165) is 46.5 Å². The third-order valence-electron chi connectivity index (χ3n) is 6.63. The van der Waals surface area contributed by atoms with E-state index >= 15 is 0 Å². The van der Waals surface area contributed by atoms with E-state index in [0.29, 0.717) is 5.69 Å². The van der Waals surface area contributed by atoms with E-state index in [2.05, 4.69) is 64.5 Å². The summed E-state index contributed by atoms with van der Waals surface area (Å²) in [5.74, 6) is -0.451. The van der Waals surface area contributed by atoms with Gasteiger partial charge in [-0.05, 0) is 39.0 Å². The zero-order chi connectivity index (χ0) is 22.5. The molecule has 0 N–H and O–H groups in total. The van der Waals surface area contributed by atoms with Crippen molar-refractivity contribution in [2.75, 3.05) is 18.0 Å². The second kappa shape index (κ2) is 7.48. The van der Waals surface area contributed by atoms with Crippen LogP contribution in [0.15, 0.2) is 60.9 Å². The van der Waals surface area contributed by atoms with Gasteiger partial charge < -0.3 is 14.2 Å². The van der Waals surface area contributed by atoms with Gasteiger partial charge in [0.25, 0.3) is 0 Å². The van der Waals surface area contributed by atoms with Crippen molar-refractivity contribution in [2.45, 2.75) is 26.4 Å². The number of ether oxygens (including phenoxy) is 1. The lowest BCUT2D eigenvalue weighted by atomic mass is 9.81. The largest absolute Gasteiger partial charge is 0.438 e. The number of carbonyl (C=O) groups excluding carboxylic acids is 1. The number of cyclic esters (lactones) is 1. The van der Waals surface area contributed by atoms with Gasteiger partial charge in [0, 0.05) is 65.9 Å². The Morgan fingerprint density at radius 1 is 1.00 bits per heavy atom. The number of aromatic nitrogens is 3. The van der Waals surface area contributed by atoms with Gasteiger partial charge in [-0.1, -0.05) is 30.3 Å². The molecular weight excluding hydrogens is 400 g/mol. The highest BCUT2D eigenvalue weighted by Gasteiger charge is 2.53. The fourth-order valence-corrected chi connectivity index (χ4v) is 4.95. The number of nitrogens with zero attached hydrogens (tertiary/aromatic N) is 4. The first-order chi connectivity index (χ1) is 15.5. The number of hydrogen-bond donors (Lipinski definition) is 0. The number of anilines is 1. The number of hydrogen-bond acceptors (Lipinski definition) is 5. The predicted octanol–water partition coefficient (Wildman–Crippen LogP) is 4.59. The van der Waals surface area contributed by atoms with Gasteiger partial charge in [-0.3, -0.25) is 4.98 Å². The van der Waals surface area contributed by atoms with Crippen LogP contribution < -0.4 is 4.90 Å². The Hall–Kier alpha value is -3.67. The molecule has 1 aliphatic rings. The maximum Gasteiger partial charge on any atom is 0.360 e. The van der Waals surface area contributed by atoms with Crippen molar-refractivity contribution >= 4 is 22.6 Å². The Morgan fingerprint density at radius 3 is 2.41 bits per heavy atom. The summed E-state index contributed by atoms with van der Waals surface area (Å²) in [4.78, 5) is 24.3. The lowest BCUT2D eigenvalue weighted by Gasteiger charge is -2.30. The van der Waals surface area contributed by atoms with Crippen LogP contribution >= 0.6 is 0 Å². The molecule has 0 spiro atoms. The highest BCUT2D eigenvalue weighted by atomic mass is 16.6. The van der Waals surface area contributed by atoms with E-state index < -0.39 is 11.6 Å². The van der Waals surface area contributed by atoms with Crippen LogP contribution in [0.5, 0.6) is 0 Å². The maximum absolute atomic E-state index is 13.0. The molecule has 4 aromatic rings. The van der Waals surface area contributed by atoms with Gasteiger partial charge in [0.05, 0.1) is 0 Å². The van der Waals surface area contributed by atoms with Gasteiger partial charge in [0.1, 0.15) is 5.69 Å². The Labute approximate surface area is 187 Å². The summed E-state index contributed by atoms with van der Waals surface area (Å²) >= 11 is 0. The molecule has 3 heterocycles. The molecule has 6 heteroatoms. The van der Waals surface area contributed by atoms with Gasteiger partial charge in [-0.25, -0.2) is 9.78 Å². The molecule has 1 unspecified atom stereocenters. The number of aryl methyl sites for hydroxylation is 1. The van der Waals surface area contributed by atoms with E-state index in [9.17, 15) is 4.79 Å². The van der Waals surface area contributed by atoms with Crippen LogP contribution in [0.2, 0.25) is 0 Å². The van der Waals surface area contributed by atoms with Gasteiger partial charge in [-0.2, -0.15) is 0 Å². The number of rotatable bonds is 5. The molecule has 0 saturated carbocycles. The lowest BCUT2D eigenvalue weighted by molar-refractivity contribution is 0.0243. The van der Waals surface area contributed by atoms with Crippen LogP contribution in [-0.2, 0) is 17.4 Å². The van der Waals surface area contributed by atoms with Gasteiger partial charge in [0.2, 0.25) is 5.60 Å². The molecule has 2 aromatic heterocycles. The van der Waals surface area contributed by atoms with E-state index in [1.165, 1.54) is 6.20 Å². The first kappa shape index (κ1) is 20.2. The molecule has 1 aliphatic heterocycles. The Kier molecular flexibility index (Phi) is 4.73. The molecule has 0 radical (unpaired) electrons. The minimum absolute atomic E-state index is 0.271. The van der Waals surface area contributed by atoms with Crippen molar-refractivity contribution in [3.63, 3.8) is 0 Å². The average Bonchev–Trinajstić information content (AvgIpc) is 3.27. The molecule has 0 bridgehead atoms. The second-order valence-corrected chi connectivity index (χ2v) is 8.08. The maximum atomic E-state index is 13.0. The number of esters is 1. The average molecular weight is 427 g/mol. The molecule has 5 rings (SSSR count).